The van der Waals surface area contributed by atoms with Gasteiger partial charge >= 0.3 is 0 Å². The summed E-state index contributed by atoms with van der Waals surface area (Å²) in [5.74, 6) is 0.437. The molecule has 2 atom stereocenters. The Morgan fingerprint density at radius 1 is 1.75 bits per heavy atom. The Balaban J connectivity index is 2.74. The second-order valence-electron chi connectivity index (χ2n) is 3.89. The Morgan fingerprint density at radius 3 is 2.67 bits per heavy atom. The Hall–Kier alpha value is -0.630. The molecular weight excluding hydrogens is 152 g/mol. The lowest BCUT2D eigenvalue weighted by Gasteiger charge is -2.15. The largest absolute Gasteiger partial charge is 0.367 e. The number of ether oxygens (including phenoxy) is 1. The predicted molar refractivity (Wildman–Crippen MR) is 47.9 cm³/mol. The summed E-state index contributed by atoms with van der Waals surface area (Å²) in [6.07, 6.45) is 1.81. The molecule has 0 radical (unpaired) electrons. The molecule has 0 aromatic rings. The van der Waals surface area contributed by atoms with Crippen molar-refractivity contribution in [2.24, 2.45) is 11.8 Å². The molecule has 68 valence electrons. The van der Waals surface area contributed by atoms with Crippen molar-refractivity contribution in [2.45, 2.75) is 26.4 Å². The zero-order valence-corrected chi connectivity index (χ0v) is 7.96. The topological polar surface area (TPSA) is 26.3 Å². The van der Waals surface area contributed by atoms with Gasteiger partial charge < -0.3 is 4.74 Å². The van der Waals surface area contributed by atoms with Crippen LogP contribution in [0.5, 0.6) is 0 Å². The van der Waals surface area contributed by atoms with E-state index in [2.05, 4.69) is 6.58 Å². The first-order chi connectivity index (χ1) is 5.49. The van der Waals surface area contributed by atoms with Crippen LogP contribution in [0.4, 0.5) is 0 Å². The van der Waals surface area contributed by atoms with E-state index in [-0.39, 0.29) is 17.6 Å². The number of hydrogen-bond acceptors (Lipinski definition) is 2. The van der Waals surface area contributed by atoms with Crippen LogP contribution in [0.2, 0.25) is 0 Å². The van der Waals surface area contributed by atoms with Gasteiger partial charge in [-0.3, -0.25) is 4.79 Å². The van der Waals surface area contributed by atoms with Crippen molar-refractivity contribution in [3.8, 4) is 0 Å². The van der Waals surface area contributed by atoms with Crippen LogP contribution in [0, 0.1) is 11.8 Å². The summed E-state index contributed by atoms with van der Waals surface area (Å²) < 4.78 is 5.39. The van der Waals surface area contributed by atoms with Crippen LogP contribution in [0.1, 0.15) is 20.8 Å². The van der Waals surface area contributed by atoms with Gasteiger partial charge in [-0.2, -0.15) is 0 Å². The lowest BCUT2D eigenvalue weighted by Crippen LogP contribution is -2.31. The van der Waals surface area contributed by atoms with Crippen LogP contribution >= 0.6 is 0 Å². The van der Waals surface area contributed by atoms with Gasteiger partial charge in [-0.15, -0.1) is 6.58 Å². The van der Waals surface area contributed by atoms with Gasteiger partial charge in [0.25, 0.3) is 0 Å². The van der Waals surface area contributed by atoms with E-state index in [1.54, 1.807) is 0 Å². The zero-order chi connectivity index (χ0) is 9.35. The van der Waals surface area contributed by atoms with Gasteiger partial charge in [0.05, 0.1) is 12.5 Å². The maximum Gasteiger partial charge on any atom is 0.169 e. The lowest BCUT2D eigenvalue weighted by molar-refractivity contribution is -0.130. The molecule has 0 aliphatic carbocycles. The van der Waals surface area contributed by atoms with E-state index >= 15 is 0 Å². The monoisotopic (exact) mass is 168 g/mol. The number of ketones is 1. The molecule has 1 heterocycles. The van der Waals surface area contributed by atoms with Crippen molar-refractivity contribution < 1.29 is 9.53 Å². The molecule has 0 saturated carbocycles. The van der Waals surface area contributed by atoms with Crippen LogP contribution in [0.15, 0.2) is 12.7 Å². The molecule has 0 aromatic carbocycles. The van der Waals surface area contributed by atoms with Gasteiger partial charge in [0.15, 0.2) is 5.78 Å². The summed E-state index contributed by atoms with van der Waals surface area (Å²) in [5, 5.41) is 0. The van der Waals surface area contributed by atoms with Gasteiger partial charge in [0, 0.05) is 0 Å². The first-order valence-corrected chi connectivity index (χ1v) is 4.30. The summed E-state index contributed by atoms with van der Waals surface area (Å²) in [5.41, 5.74) is -0.581. The second-order valence-corrected chi connectivity index (χ2v) is 3.89. The van der Waals surface area contributed by atoms with Crippen LogP contribution in [-0.4, -0.2) is 18.0 Å². The molecular formula is C10H16O2. The molecule has 12 heavy (non-hydrogen) atoms. The summed E-state index contributed by atoms with van der Waals surface area (Å²) in [7, 11) is 0. The van der Waals surface area contributed by atoms with E-state index in [0.717, 1.165) is 0 Å². The molecule has 2 heteroatoms. The molecule has 1 aliphatic rings. The summed E-state index contributed by atoms with van der Waals surface area (Å²) in [6, 6.07) is 0. The van der Waals surface area contributed by atoms with Gasteiger partial charge in [-0.25, -0.2) is 0 Å². The minimum absolute atomic E-state index is 0.0116. The van der Waals surface area contributed by atoms with Crippen molar-refractivity contribution in [1.82, 2.24) is 0 Å². The average molecular weight is 168 g/mol. The standard InChI is InChI=1S/C10H16O2/c1-5-7(2)8-6-12-10(3,4)9(8)11/h5,7-8H,1,6H2,2-4H3. The van der Waals surface area contributed by atoms with Crippen LogP contribution in [-0.2, 0) is 9.53 Å². The highest BCUT2D eigenvalue weighted by atomic mass is 16.5. The quantitative estimate of drug-likeness (QED) is 0.588. The first kappa shape index (κ1) is 9.46. The molecule has 0 amide bonds. The molecule has 0 N–H and O–H groups in total. The third kappa shape index (κ3) is 1.44. The fourth-order valence-corrected chi connectivity index (χ4v) is 1.45. The van der Waals surface area contributed by atoms with E-state index in [4.69, 9.17) is 4.74 Å². The van der Waals surface area contributed by atoms with Gasteiger partial charge in [-0.05, 0) is 19.8 Å². The lowest BCUT2D eigenvalue weighted by atomic mass is 9.87. The average Bonchev–Trinajstić information content (AvgIpc) is 2.27. The van der Waals surface area contributed by atoms with Crippen molar-refractivity contribution >= 4 is 5.78 Å². The number of carbonyl (C=O) groups is 1. The number of carbonyl (C=O) groups excluding carboxylic acids is 1. The SMILES string of the molecule is C=CC(C)C1COC(C)(C)C1=O. The molecule has 0 spiro atoms. The molecule has 2 nitrogen and oxygen atoms in total. The van der Waals surface area contributed by atoms with Crippen LogP contribution in [0.25, 0.3) is 0 Å². The van der Waals surface area contributed by atoms with Gasteiger partial charge in [-0.1, -0.05) is 13.0 Å². The second kappa shape index (κ2) is 3.02. The van der Waals surface area contributed by atoms with Crippen molar-refractivity contribution in [2.75, 3.05) is 6.61 Å². The van der Waals surface area contributed by atoms with Gasteiger partial charge in [0.2, 0.25) is 0 Å². The van der Waals surface area contributed by atoms with E-state index in [1.807, 2.05) is 26.8 Å². The summed E-state index contributed by atoms with van der Waals surface area (Å²) in [4.78, 5) is 11.7. The van der Waals surface area contributed by atoms with E-state index < -0.39 is 5.60 Å². The summed E-state index contributed by atoms with van der Waals surface area (Å²) >= 11 is 0. The molecule has 2 unspecified atom stereocenters. The number of rotatable bonds is 2. The molecule has 1 rings (SSSR count). The summed E-state index contributed by atoms with van der Waals surface area (Å²) in [6.45, 7) is 9.87. The van der Waals surface area contributed by atoms with E-state index in [1.165, 1.54) is 0 Å². The van der Waals surface area contributed by atoms with Crippen molar-refractivity contribution in [1.29, 1.82) is 0 Å². The smallest absolute Gasteiger partial charge is 0.169 e. The van der Waals surface area contributed by atoms with Crippen LogP contribution in [0.3, 0.4) is 0 Å². The Morgan fingerprint density at radius 2 is 2.33 bits per heavy atom. The highest BCUT2D eigenvalue weighted by Crippen LogP contribution is 2.30. The zero-order valence-electron chi connectivity index (χ0n) is 7.96. The number of hydrogen-bond donors (Lipinski definition) is 0. The van der Waals surface area contributed by atoms with Crippen LogP contribution < -0.4 is 0 Å². The fourth-order valence-electron chi connectivity index (χ4n) is 1.45. The Labute approximate surface area is 73.6 Å². The fraction of sp³-hybridized carbons (Fsp3) is 0.700. The Bertz CT molecular complexity index is 206. The highest BCUT2D eigenvalue weighted by molar-refractivity contribution is 5.90. The van der Waals surface area contributed by atoms with E-state index in [9.17, 15) is 4.79 Å². The third-order valence-electron chi connectivity index (χ3n) is 2.56. The molecule has 0 aromatic heterocycles. The van der Waals surface area contributed by atoms with Gasteiger partial charge in [0.1, 0.15) is 5.60 Å². The molecule has 1 saturated heterocycles. The minimum atomic E-state index is -0.581. The molecule has 1 fully saturated rings. The first-order valence-electron chi connectivity index (χ1n) is 4.30. The Kier molecular flexibility index (Phi) is 2.38. The molecule has 1 aliphatic heterocycles. The number of Topliss-reactive ketones (excluding diaryl/α,β-unsaturated/α-hetero) is 1. The van der Waals surface area contributed by atoms with Crippen molar-refractivity contribution in [3.63, 3.8) is 0 Å². The maximum atomic E-state index is 11.7. The normalized spacial score (nSPS) is 30.2. The van der Waals surface area contributed by atoms with Crippen molar-refractivity contribution in [3.05, 3.63) is 12.7 Å². The third-order valence-corrected chi connectivity index (χ3v) is 2.56. The highest BCUT2D eigenvalue weighted by Gasteiger charge is 2.43. The number of allylic oxidation sites excluding steroid dienone is 1. The minimum Gasteiger partial charge on any atom is -0.367 e. The van der Waals surface area contributed by atoms with E-state index in [0.29, 0.717) is 6.61 Å². The predicted octanol–water partition coefficient (Wildman–Crippen LogP) is 1.80. The molecule has 0 bridgehead atoms. The maximum absolute atomic E-state index is 11.7.